The fourth-order valence-corrected chi connectivity index (χ4v) is 1.44. The van der Waals surface area contributed by atoms with Gasteiger partial charge < -0.3 is 15.2 Å². The minimum Gasteiger partial charge on any atom is -0.478 e. The SMILES string of the molecule is COCC(C)(C)Nc1ncc(C(=O)O)c(C)n1. The van der Waals surface area contributed by atoms with E-state index in [4.69, 9.17) is 9.84 Å². The molecule has 1 aromatic rings. The minimum atomic E-state index is -1.02. The van der Waals surface area contributed by atoms with Crippen molar-refractivity contribution in [2.75, 3.05) is 19.0 Å². The Morgan fingerprint density at radius 3 is 2.71 bits per heavy atom. The zero-order valence-corrected chi connectivity index (χ0v) is 10.4. The highest BCUT2D eigenvalue weighted by atomic mass is 16.5. The van der Waals surface area contributed by atoms with Gasteiger partial charge in [0.25, 0.3) is 0 Å². The fourth-order valence-electron chi connectivity index (χ4n) is 1.44. The molecule has 6 nitrogen and oxygen atoms in total. The Morgan fingerprint density at radius 1 is 1.59 bits per heavy atom. The van der Waals surface area contributed by atoms with Crippen molar-refractivity contribution < 1.29 is 14.6 Å². The van der Waals surface area contributed by atoms with E-state index in [1.807, 2.05) is 13.8 Å². The molecule has 0 saturated carbocycles. The summed E-state index contributed by atoms with van der Waals surface area (Å²) in [5.74, 6) is -0.625. The summed E-state index contributed by atoms with van der Waals surface area (Å²) in [5.41, 5.74) is 0.231. The van der Waals surface area contributed by atoms with Crippen LogP contribution in [-0.2, 0) is 4.74 Å². The number of anilines is 1. The van der Waals surface area contributed by atoms with Gasteiger partial charge in [0.15, 0.2) is 0 Å². The molecule has 1 heterocycles. The van der Waals surface area contributed by atoms with Crippen LogP contribution < -0.4 is 5.32 Å². The maximum atomic E-state index is 10.8. The molecule has 6 heteroatoms. The van der Waals surface area contributed by atoms with Crippen LogP contribution in [-0.4, -0.2) is 40.3 Å². The van der Waals surface area contributed by atoms with Gasteiger partial charge in [0, 0.05) is 13.3 Å². The molecule has 0 spiro atoms. The highest BCUT2D eigenvalue weighted by Crippen LogP contribution is 2.13. The highest BCUT2D eigenvalue weighted by molar-refractivity contribution is 5.88. The third-order valence-corrected chi connectivity index (χ3v) is 2.17. The van der Waals surface area contributed by atoms with Crippen LogP contribution in [0.3, 0.4) is 0 Å². The lowest BCUT2D eigenvalue weighted by atomic mass is 10.1. The summed E-state index contributed by atoms with van der Waals surface area (Å²) in [6.07, 6.45) is 1.30. The molecule has 0 saturated heterocycles. The zero-order chi connectivity index (χ0) is 13.1. The molecule has 0 atom stereocenters. The van der Waals surface area contributed by atoms with Crippen LogP contribution in [0.5, 0.6) is 0 Å². The Kier molecular flexibility index (Phi) is 4.01. The number of nitrogens with one attached hydrogen (secondary N) is 1. The average Bonchev–Trinajstić information content (AvgIpc) is 2.15. The number of methoxy groups -OCH3 is 1. The second kappa shape index (κ2) is 5.09. The number of nitrogens with zero attached hydrogens (tertiary/aromatic N) is 2. The van der Waals surface area contributed by atoms with Gasteiger partial charge in [0.2, 0.25) is 5.95 Å². The molecule has 0 radical (unpaired) electrons. The quantitative estimate of drug-likeness (QED) is 0.806. The molecule has 0 unspecified atom stereocenters. The van der Waals surface area contributed by atoms with Gasteiger partial charge in [-0.2, -0.15) is 0 Å². The van der Waals surface area contributed by atoms with Gasteiger partial charge in [-0.1, -0.05) is 0 Å². The Balaban J connectivity index is 2.88. The lowest BCUT2D eigenvalue weighted by Gasteiger charge is -2.25. The maximum Gasteiger partial charge on any atom is 0.339 e. The molecule has 0 aliphatic carbocycles. The summed E-state index contributed by atoms with van der Waals surface area (Å²) in [4.78, 5) is 18.9. The van der Waals surface area contributed by atoms with Crippen molar-refractivity contribution in [3.63, 3.8) is 0 Å². The molecular formula is C11H17N3O3. The molecule has 0 aliphatic heterocycles. The number of aryl methyl sites for hydroxylation is 1. The fraction of sp³-hybridized carbons (Fsp3) is 0.545. The van der Waals surface area contributed by atoms with E-state index in [0.29, 0.717) is 18.2 Å². The smallest absolute Gasteiger partial charge is 0.339 e. The molecule has 0 fully saturated rings. The van der Waals surface area contributed by atoms with E-state index in [9.17, 15) is 4.79 Å². The van der Waals surface area contributed by atoms with E-state index in [1.165, 1.54) is 6.20 Å². The second-order valence-corrected chi connectivity index (χ2v) is 4.44. The van der Waals surface area contributed by atoms with Crippen molar-refractivity contribution in [1.29, 1.82) is 0 Å². The molecule has 0 amide bonds. The summed E-state index contributed by atoms with van der Waals surface area (Å²) in [7, 11) is 1.61. The summed E-state index contributed by atoms with van der Waals surface area (Å²) >= 11 is 0. The van der Waals surface area contributed by atoms with E-state index >= 15 is 0 Å². The maximum absolute atomic E-state index is 10.8. The van der Waals surface area contributed by atoms with Gasteiger partial charge in [0.1, 0.15) is 0 Å². The number of ether oxygens (including phenoxy) is 1. The Hall–Kier alpha value is -1.69. The van der Waals surface area contributed by atoms with Crippen molar-refractivity contribution >= 4 is 11.9 Å². The van der Waals surface area contributed by atoms with Crippen molar-refractivity contribution in [1.82, 2.24) is 9.97 Å². The van der Waals surface area contributed by atoms with Crippen molar-refractivity contribution in [2.24, 2.45) is 0 Å². The number of carboxylic acid groups (broad SMARTS) is 1. The van der Waals surface area contributed by atoms with E-state index in [-0.39, 0.29) is 11.1 Å². The first-order valence-corrected chi connectivity index (χ1v) is 5.20. The van der Waals surface area contributed by atoms with Crippen molar-refractivity contribution in [3.05, 3.63) is 17.5 Å². The van der Waals surface area contributed by atoms with Crippen molar-refractivity contribution in [2.45, 2.75) is 26.3 Å². The topological polar surface area (TPSA) is 84.3 Å². The third-order valence-electron chi connectivity index (χ3n) is 2.17. The van der Waals surface area contributed by atoms with Crippen LogP contribution >= 0.6 is 0 Å². The molecular weight excluding hydrogens is 222 g/mol. The number of hydrogen-bond acceptors (Lipinski definition) is 5. The van der Waals surface area contributed by atoms with Crippen LogP contribution in [0.15, 0.2) is 6.20 Å². The van der Waals surface area contributed by atoms with Crippen LogP contribution in [0.25, 0.3) is 0 Å². The average molecular weight is 239 g/mol. The standard InChI is InChI=1S/C11H17N3O3/c1-7-8(9(15)16)5-12-10(13-7)14-11(2,3)6-17-4/h5H,6H2,1-4H3,(H,15,16)(H,12,13,14). The highest BCUT2D eigenvalue weighted by Gasteiger charge is 2.19. The largest absolute Gasteiger partial charge is 0.478 e. The number of aromatic nitrogens is 2. The first kappa shape index (κ1) is 13.4. The van der Waals surface area contributed by atoms with Crippen molar-refractivity contribution in [3.8, 4) is 0 Å². The number of rotatable bonds is 5. The van der Waals surface area contributed by atoms with E-state index < -0.39 is 5.97 Å². The molecule has 17 heavy (non-hydrogen) atoms. The third kappa shape index (κ3) is 3.67. The van der Waals surface area contributed by atoms with E-state index in [0.717, 1.165) is 0 Å². The first-order valence-electron chi connectivity index (χ1n) is 5.20. The van der Waals surface area contributed by atoms with Gasteiger partial charge in [-0.15, -0.1) is 0 Å². The molecule has 2 N–H and O–H groups in total. The first-order chi connectivity index (χ1) is 7.85. The molecule has 0 aliphatic rings. The number of carbonyl (C=O) groups is 1. The van der Waals surface area contributed by atoms with Gasteiger partial charge in [-0.05, 0) is 20.8 Å². The van der Waals surface area contributed by atoms with Gasteiger partial charge in [0.05, 0.1) is 23.4 Å². The van der Waals surface area contributed by atoms with Gasteiger partial charge >= 0.3 is 5.97 Å². The molecule has 0 aromatic carbocycles. The van der Waals surface area contributed by atoms with Crippen LogP contribution in [0.2, 0.25) is 0 Å². The summed E-state index contributed by atoms with van der Waals surface area (Å²) in [5, 5.41) is 11.9. The zero-order valence-electron chi connectivity index (χ0n) is 10.4. The molecule has 0 bridgehead atoms. The van der Waals surface area contributed by atoms with Crippen LogP contribution in [0.4, 0.5) is 5.95 Å². The van der Waals surface area contributed by atoms with Gasteiger partial charge in [-0.25, -0.2) is 14.8 Å². The second-order valence-electron chi connectivity index (χ2n) is 4.44. The lowest BCUT2D eigenvalue weighted by molar-refractivity contribution is 0.0695. The Bertz CT molecular complexity index is 418. The predicted octanol–water partition coefficient (Wildman–Crippen LogP) is 1.32. The lowest BCUT2D eigenvalue weighted by Crippen LogP contribution is -2.36. The number of hydrogen-bond donors (Lipinski definition) is 2. The van der Waals surface area contributed by atoms with E-state index in [1.54, 1.807) is 14.0 Å². The van der Waals surface area contributed by atoms with Crippen LogP contribution in [0, 0.1) is 6.92 Å². The summed E-state index contributed by atoms with van der Waals surface area (Å²) in [6, 6.07) is 0. The predicted molar refractivity (Wildman–Crippen MR) is 63.3 cm³/mol. The normalized spacial score (nSPS) is 11.3. The summed E-state index contributed by atoms with van der Waals surface area (Å²) < 4.78 is 5.06. The Morgan fingerprint density at radius 2 is 2.24 bits per heavy atom. The van der Waals surface area contributed by atoms with Crippen LogP contribution in [0.1, 0.15) is 29.9 Å². The van der Waals surface area contributed by atoms with E-state index in [2.05, 4.69) is 15.3 Å². The number of carboxylic acids is 1. The van der Waals surface area contributed by atoms with Gasteiger partial charge in [-0.3, -0.25) is 0 Å². The molecule has 94 valence electrons. The minimum absolute atomic E-state index is 0.111. The Labute approximate surface area is 100 Å². The molecule has 1 rings (SSSR count). The monoisotopic (exact) mass is 239 g/mol. The number of aromatic carboxylic acids is 1. The molecule has 1 aromatic heterocycles. The summed E-state index contributed by atoms with van der Waals surface area (Å²) in [6.45, 7) is 6.02.